The molecule has 4 heteroatoms. The van der Waals surface area contributed by atoms with E-state index in [2.05, 4.69) is 0 Å². The number of hydrogen-bond acceptors (Lipinski definition) is 1. The van der Waals surface area contributed by atoms with Crippen LogP contribution in [0.5, 0.6) is 0 Å². The van der Waals surface area contributed by atoms with Crippen LogP contribution in [0.4, 0.5) is 8.78 Å². The van der Waals surface area contributed by atoms with Crippen LogP contribution in [-0.2, 0) is 0 Å². The smallest absolute Gasteiger partial charge is 0.194 e. The summed E-state index contributed by atoms with van der Waals surface area (Å²) in [4.78, 5) is 12.2. The molecule has 2 aromatic carbocycles. The van der Waals surface area contributed by atoms with Gasteiger partial charge in [-0.2, -0.15) is 0 Å². The summed E-state index contributed by atoms with van der Waals surface area (Å²) in [6, 6.07) is 7.40. The van der Waals surface area contributed by atoms with Gasteiger partial charge in [0.2, 0.25) is 0 Å². The first kappa shape index (κ1) is 12.7. The van der Waals surface area contributed by atoms with Gasteiger partial charge in [-0.05, 0) is 42.8 Å². The lowest BCUT2D eigenvalue weighted by atomic mass is 9.99. The summed E-state index contributed by atoms with van der Waals surface area (Å²) in [5.74, 6) is -1.57. The van der Waals surface area contributed by atoms with Crippen molar-refractivity contribution in [1.29, 1.82) is 0 Å². The molecule has 0 saturated carbocycles. The second kappa shape index (κ2) is 4.86. The Hall–Kier alpha value is -1.74. The molecule has 2 rings (SSSR count). The highest BCUT2D eigenvalue weighted by molar-refractivity contribution is 6.35. The molecule has 92 valence electrons. The largest absolute Gasteiger partial charge is 0.289 e. The molecular formula is C14H9ClF2O. The summed E-state index contributed by atoms with van der Waals surface area (Å²) in [6.07, 6.45) is 0. The van der Waals surface area contributed by atoms with E-state index in [0.717, 1.165) is 18.2 Å². The normalized spacial score (nSPS) is 10.4. The molecule has 0 saturated heterocycles. The van der Waals surface area contributed by atoms with Crippen LogP contribution in [-0.4, -0.2) is 5.78 Å². The van der Waals surface area contributed by atoms with Crippen LogP contribution in [0.25, 0.3) is 0 Å². The molecule has 1 nitrogen and oxygen atoms in total. The summed E-state index contributed by atoms with van der Waals surface area (Å²) >= 11 is 5.85. The monoisotopic (exact) mass is 266 g/mol. The summed E-state index contributed by atoms with van der Waals surface area (Å²) in [5, 5.41) is 0.144. The molecule has 18 heavy (non-hydrogen) atoms. The van der Waals surface area contributed by atoms with E-state index in [0.29, 0.717) is 5.56 Å². The lowest BCUT2D eigenvalue weighted by Gasteiger charge is -2.07. The van der Waals surface area contributed by atoms with E-state index in [9.17, 15) is 13.6 Å². The molecule has 0 unspecified atom stereocenters. The maximum Gasteiger partial charge on any atom is 0.194 e. The van der Waals surface area contributed by atoms with Crippen LogP contribution >= 0.6 is 11.6 Å². The van der Waals surface area contributed by atoms with Crippen molar-refractivity contribution in [1.82, 2.24) is 0 Å². The number of ketones is 1. The van der Waals surface area contributed by atoms with Gasteiger partial charge in [-0.1, -0.05) is 17.7 Å². The van der Waals surface area contributed by atoms with E-state index < -0.39 is 17.4 Å². The summed E-state index contributed by atoms with van der Waals surface area (Å²) in [5.41, 5.74) is 0.828. The maximum absolute atomic E-state index is 13.1. The van der Waals surface area contributed by atoms with Crippen LogP contribution < -0.4 is 0 Å². The molecule has 0 aliphatic rings. The van der Waals surface area contributed by atoms with Gasteiger partial charge in [-0.25, -0.2) is 8.78 Å². The number of rotatable bonds is 2. The molecule has 0 aliphatic heterocycles. The van der Waals surface area contributed by atoms with E-state index in [4.69, 9.17) is 11.6 Å². The van der Waals surface area contributed by atoms with Gasteiger partial charge in [0.25, 0.3) is 0 Å². The molecule has 0 fully saturated rings. The van der Waals surface area contributed by atoms with Crippen LogP contribution in [0, 0.1) is 18.6 Å². The fourth-order valence-corrected chi connectivity index (χ4v) is 1.86. The van der Waals surface area contributed by atoms with E-state index in [1.54, 1.807) is 6.92 Å². The molecule has 0 aromatic heterocycles. The first-order valence-electron chi connectivity index (χ1n) is 5.25. The van der Waals surface area contributed by atoms with E-state index in [-0.39, 0.29) is 16.1 Å². The topological polar surface area (TPSA) is 17.1 Å². The van der Waals surface area contributed by atoms with Crippen molar-refractivity contribution < 1.29 is 13.6 Å². The van der Waals surface area contributed by atoms with Crippen molar-refractivity contribution in [3.8, 4) is 0 Å². The van der Waals surface area contributed by atoms with Crippen molar-refractivity contribution in [2.75, 3.05) is 0 Å². The third kappa shape index (κ3) is 2.41. The number of benzene rings is 2. The SMILES string of the molecule is Cc1ccc(F)cc1C(=O)c1cc(F)ccc1Cl. The van der Waals surface area contributed by atoms with Gasteiger partial charge < -0.3 is 0 Å². The first-order chi connectivity index (χ1) is 8.49. The summed E-state index contributed by atoms with van der Waals surface area (Å²) < 4.78 is 26.3. The molecule has 0 amide bonds. The zero-order valence-corrected chi connectivity index (χ0v) is 10.3. The van der Waals surface area contributed by atoms with Crippen LogP contribution in [0.2, 0.25) is 5.02 Å². The van der Waals surface area contributed by atoms with Crippen molar-refractivity contribution >= 4 is 17.4 Å². The zero-order valence-electron chi connectivity index (χ0n) is 9.51. The standard InChI is InChI=1S/C14H9ClF2O/c1-8-2-3-9(16)6-11(8)14(18)12-7-10(17)4-5-13(12)15/h2-7H,1H3. The zero-order chi connectivity index (χ0) is 13.3. The number of carbonyl (C=O) groups excluding carboxylic acids is 1. The average molecular weight is 267 g/mol. The van der Waals surface area contributed by atoms with Gasteiger partial charge >= 0.3 is 0 Å². The molecule has 0 N–H and O–H groups in total. The minimum absolute atomic E-state index is 0.0327. The Morgan fingerprint density at radius 1 is 1.00 bits per heavy atom. The number of aryl methyl sites for hydroxylation is 1. The minimum Gasteiger partial charge on any atom is -0.289 e. The molecule has 0 aliphatic carbocycles. The lowest BCUT2D eigenvalue weighted by Crippen LogP contribution is -2.05. The third-order valence-corrected chi connectivity index (χ3v) is 2.95. The molecule has 2 aromatic rings. The van der Waals surface area contributed by atoms with E-state index in [1.165, 1.54) is 18.2 Å². The highest BCUT2D eigenvalue weighted by atomic mass is 35.5. The van der Waals surface area contributed by atoms with Crippen LogP contribution in [0.15, 0.2) is 36.4 Å². The lowest BCUT2D eigenvalue weighted by molar-refractivity contribution is 0.103. The van der Waals surface area contributed by atoms with Crippen LogP contribution in [0.1, 0.15) is 21.5 Å². The Balaban J connectivity index is 2.54. The van der Waals surface area contributed by atoms with Crippen molar-refractivity contribution in [2.24, 2.45) is 0 Å². The highest BCUT2D eigenvalue weighted by Gasteiger charge is 2.16. The summed E-state index contributed by atoms with van der Waals surface area (Å²) in [6.45, 7) is 1.68. The van der Waals surface area contributed by atoms with Gasteiger partial charge in [0.15, 0.2) is 5.78 Å². The Labute approximate surface area is 108 Å². The van der Waals surface area contributed by atoms with Gasteiger partial charge in [0.05, 0.1) is 5.02 Å². The van der Waals surface area contributed by atoms with Crippen molar-refractivity contribution in [3.63, 3.8) is 0 Å². The van der Waals surface area contributed by atoms with E-state index in [1.807, 2.05) is 0 Å². The Kier molecular flexibility index (Phi) is 3.43. The first-order valence-corrected chi connectivity index (χ1v) is 5.63. The fourth-order valence-electron chi connectivity index (χ4n) is 1.66. The quantitative estimate of drug-likeness (QED) is 0.746. The molecule has 0 spiro atoms. The third-order valence-electron chi connectivity index (χ3n) is 2.62. The summed E-state index contributed by atoms with van der Waals surface area (Å²) in [7, 11) is 0. The molecule has 0 atom stereocenters. The van der Waals surface area contributed by atoms with Crippen molar-refractivity contribution in [3.05, 3.63) is 69.7 Å². The maximum atomic E-state index is 13.1. The molecule has 0 bridgehead atoms. The highest BCUT2D eigenvalue weighted by Crippen LogP contribution is 2.22. The number of hydrogen-bond donors (Lipinski definition) is 0. The van der Waals surface area contributed by atoms with Gasteiger partial charge in [0.1, 0.15) is 11.6 Å². The Morgan fingerprint density at radius 2 is 1.56 bits per heavy atom. The second-order valence-corrected chi connectivity index (χ2v) is 4.32. The second-order valence-electron chi connectivity index (χ2n) is 3.91. The predicted octanol–water partition coefficient (Wildman–Crippen LogP) is 4.16. The van der Waals surface area contributed by atoms with Gasteiger partial charge in [-0.3, -0.25) is 4.79 Å². The number of halogens is 3. The predicted molar refractivity (Wildman–Crippen MR) is 66.0 cm³/mol. The molecular weight excluding hydrogens is 258 g/mol. The van der Waals surface area contributed by atoms with Gasteiger partial charge in [-0.15, -0.1) is 0 Å². The minimum atomic E-state index is -0.559. The van der Waals surface area contributed by atoms with E-state index >= 15 is 0 Å². The Morgan fingerprint density at radius 3 is 2.22 bits per heavy atom. The molecule has 0 heterocycles. The van der Waals surface area contributed by atoms with Gasteiger partial charge in [0, 0.05) is 11.1 Å². The average Bonchev–Trinajstić information content (AvgIpc) is 2.34. The number of carbonyl (C=O) groups is 1. The van der Waals surface area contributed by atoms with Crippen molar-refractivity contribution in [2.45, 2.75) is 6.92 Å². The molecule has 0 radical (unpaired) electrons. The van der Waals surface area contributed by atoms with Crippen LogP contribution in [0.3, 0.4) is 0 Å². The Bertz CT molecular complexity index is 570. The fraction of sp³-hybridized carbons (Fsp3) is 0.0714.